The standard InChI is InChI=1S/C14H18N4O3S/c1-3-6-10-9-13(17-16-10)14(19)15-11-7-4-5-8-12(11)18-22(2,20)21/h4-5,7-9,18H,3,6H2,1-2H3,(H,15,19)(H,16,17). The van der Waals surface area contributed by atoms with Gasteiger partial charge in [-0.05, 0) is 24.6 Å². The SMILES string of the molecule is CCCc1cc(C(=O)Nc2ccccc2NS(C)(=O)=O)n[nH]1. The molecule has 0 radical (unpaired) electrons. The number of anilines is 2. The monoisotopic (exact) mass is 322 g/mol. The lowest BCUT2D eigenvalue weighted by atomic mass is 10.2. The normalized spacial score (nSPS) is 11.2. The smallest absolute Gasteiger partial charge is 0.276 e. The van der Waals surface area contributed by atoms with Crippen molar-refractivity contribution in [2.24, 2.45) is 0 Å². The second kappa shape index (κ2) is 6.61. The Labute approximate surface area is 129 Å². The van der Waals surface area contributed by atoms with Crippen LogP contribution in [-0.4, -0.2) is 30.8 Å². The lowest BCUT2D eigenvalue weighted by molar-refractivity contribution is 0.102. The Hall–Kier alpha value is -2.35. The summed E-state index contributed by atoms with van der Waals surface area (Å²) in [7, 11) is -3.43. The van der Waals surface area contributed by atoms with Crippen LogP contribution >= 0.6 is 0 Å². The minimum atomic E-state index is -3.43. The van der Waals surface area contributed by atoms with Crippen molar-refractivity contribution in [2.75, 3.05) is 16.3 Å². The molecule has 8 heteroatoms. The molecule has 1 amide bonds. The van der Waals surface area contributed by atoms with Crippen molar-refractivity contribution in [2.45, 2.75) is 19.8 Å². The van der Waals surface area contributed by atoms with E-state index in [-0.39, 0.29) is 5.69 Å². The second-order valence-electron chi connectivity index (χ2n) is 4.90. The number of aryl methyl sites for hydroxylation is 1. The maximum absolute atomic E-state index is 12.2. The van der Waals surface area contributed by atoms with E-state index < -0.39 is 15.9 Å². The van der Waals surface area contributed by atoms with Crippen LogP contribution < -0.4 is 10.0 Å². The predicted octanol–water partition coefficient (Wildman–Crippen LogP) is 1.99. The van der Waals surface area contributed by atoms with Gasteiger partial charge in [-0.1, -0.05) is 25.5 Å². The van der Waals surface area contributed by atoms with Gasteiger partial charge in [0.15, 0.2) is 5.69 Å². The zero-order valence-electron chi connectivity index (χ0n) is 12.4. The number of aromatic nitrogens is 2. The molecule has 0 aliphatic carbocycles. The molecule has 0 aliphatic rings. The molecule has 22 heavy (non-hydrogen) atoms. The number of rotatable bonds is 6. The molecule has 2 rings (SSSR count). The summed E-state index contributed by atoms with van der Waals surface area (Å²) in [5, 5.41) is 9.42. The van der Waals surface area contributed by atoms with Crippen molar-refractivity contribution in [3.8, 4) is 0 Å². The molecule has 0 unspecified atom stereocenters. The number of amides is 1. The van der Waals surface area contributed by atoms with Crippen LogP contribution in [0.4, 0.5) is 11.4 Å². The summed E-state index contributed by atoms with van der Waals surface area (Å²) >= 11 is 0. The molecule has 0 atom stereocenters. The molecule has 1 heterocycles. The quantitative estimate of drug-likeness (QED) is 0.756. The maximum atomic E-state index is 12.2. The van der Waals surface area contributed by atoms with Gasteiger partial charge in [-0.15, -0.1) is 0 Å². The fraction of sp³-hybridized carbons (Fsp3) is 0.286. The van der Waals surface area contributed by atoms with E-state index in [4.69, 9.17) is 0 Å². The number of benzene rings is 1. The van der Waals surface area contributed by atoms with E-state index in [1.807, 2.05) is 6.92 Å². The highest BCUT2D eigenvalue weighted by Crippen LogP contribution is 2.22. The largest absolute Gasteiger partial charge is 0.319 e. The number of sulfonamides is 1. The average Bonchev–Trinajstić information content (AvgIpc) is 2.88. The van der Waals surface area contributed by atoms with Gasteiger partial charge in [-0.25, -0.2) is 8.42 Å². The van der Waals surface area contributed by atoms with Crippen LogP contribution in [0.25, 0.3) is 0 Å². The summed E-state index contributed by atoms with van der Waals surface area (Å²) in [5.41, 5.74) is 1.83. The van der Waals surface area contributed by atoms with E-state index >= 15 is 0 Å². The van der Waals surface area contributed by atoms with Gasteiger partial charge in [0.05, 0.1) is 17.6 Å². The minimum absolute atomic E-state index is 0.262. The third kappa shape index (κ3) is 4.32. The average molecular weight is 322 g/mol. The zero-order chi connectivity index (χ0) is 16.2. The van der Waals surface area contributed by atoms with Crippen LogP contribution in [0.5, 0.6) is 0 Å². The number of nitrogens with zero attached hydrogens (tertiary/aromatic N) is 1. The van der Waals surface area contributed by atoms with Crippen LogP contribution in [0.15, 0.2) is 30.3 Å². The Morgan fingerprint density at radius 1 is 1.27 bits per heavy atom. The zero-order valence-corrected chi connectivity index (χ0v) is 13.2. The van der Waals surface area contributed by atoms with E-state index in [1.54, 1.807) is 30.3 Å². The molecule has 0 saturated heterocycles. The molecule has 0 spiro atoms. The van der Waals surface area contributed by atoms with Crippen LogP contribution in [0.2, 0.25) is 0 Å². The van der Waals surface area contributed by atoms with Gasteiger partial charge in [-0.3, -0.25) is 14.6 Å². The highest BCUT2D eigenvalue weighted by molar-refractivity contribution is 7.92. The Balaban J connectivity index is 2.17. The first-order chi connectivity index (χ1) is 10.4. The number of carbonyl (C=O) groups excluding carboxylic acids is 1. The van der Waals surface area contributed by atoms with Gasteiger partial charge in [0.2, 0.25) is 10.0 Å². The third-order valence-electron chi connectivity index (χ3n) is 2.85. The van der Waals surface area contributed by atoms with E-state index in [0.29, 0.717) is 11.4 Å². The summed E-state index contributed by atoms with van der Waals surface area (Å²) in [5.74, 6) is -0.402. The highest BCUT2D eigenvalue weighted by Gasteiger charge is 2.13. The second-order valence-corrected chi connectivity index (χ2v) is 6.65. The van der Waals surface area contributed by atoms with Crippen LogP contribution in [0.3, 0.4) is 0 Å². The van der Waals surface area contributed by atoms with Crippen molar-refractivity contribution in [3.63, 3.8) is 0 Å². The van der Waals surface area contributed by atoms with Gasteiger partial charge in [0.25, 0.3) is 5.91 Å². The van der Waals surface area contributed by atoms with Crippen molar-refractivity contribution >= 4 is 27.3 Å². The number of aromatic amines is 1. The van der Waals surface area contributed by atoms with Gasteiger partial charge in [0.1, 0.15) is 0 Å². The number of nitrogens with one attached hydrogen (secondary N) is 3. The highest BCUT2D eigenvalue weighted by atomic mass is 32.2. The lowest BCUT2D eigenvalue weighted by Gasteiger charge is -2.10. The summed E-state index contributed by atoms with van der Waals surface area (Å²) in [4.78, 5) is 12.2. The number of para-hydroxylation sites is 2. The van der Waals surface area contributed by atoms with Crippen molar-refractivity contribution < 1.29 is 13.2 Å². The molecular formula is C14H18N4O3S. The number of carbonyl (C=O) groups is 1. The van der Waals surface area contributed by atoms with Crippen LogP contribution in [0, 0.1) is 0 Å². The summed E-state index contributed by atoms with van der Waals surface area (Å²) in [6, 6.07) is 8.26. The van der Waals surface area contributed by atoms with Crippen LogP contribution in [-0.2, 0) is 16.4 Å². The van der Waals surface area contributed by atoms with E-state index in [2.05, 4.69) is 20.2 Å². The first-order valence-corrected chi connectivity index (χ1v) is 8.70. The van der Waals surface area contributed by atoms with Gasteiger partial charge in [-0.2, -0.15) is 5.10 Å². The maximum Gasteiger partial charge on any atom is 0.276 e. The van der Waals surface area contributed by atoms with E-state index in [1.165, 1.54) is 0 Å². The lowest BCUT2D eigenvalue weighted by Crippen LogP contribution is -2.16. The van der Waals surface area contributed by atoms with E-state index in [0.717, 1.165) is 24.8 Å². The summed E-state index contributed by atoms with van der Waals surface area (Å²) in [6.45, 7) is 2.04. The number of H-pyrrole nitrogens is 1. The Morgan fingerprint density at radius 3 is 2.59 bits per heavy atom. The predicted molar refractivity (Wildman–Crippen MR) is 85.4 cm³/mol. The molecule has 1 aromatic carbocycles. The molecule has 0 saturated carbocycles. The molecule has 0 bridgehead atoms. The molecule has 7 nitrogen and oxygen atoms in total. The number of hydrogen-bond acceptors (Lipinski definition) is 4. The topological polar surface area (TPSA) is 104 Å². The Kier molecular flexibility index (Phi) is 4.81. The Bertz CT molecular complexity index is 768. The Morgan fingerprint density at radius 2 is 1.95 bits per heavy atom. The fourth-order valence-electron chi connectivity index (χ4n) is 1.94. The molecule has 118 valence electrons. The first kappa shape index (κ1) is 16.0. The molecular weight excluding hydrogens is 304 g/mol. The van der Waals surface area contributed by atoms with Crippen molar-refractivity contribution in [3.05, 3.63) is 41.7 Å². The molecule has 2 aromatic rings. The summed E-state index contributed by atoms with van der Waals surface area (Å²) < 4.78 is 25.0. The summed E-state index contributed by atoms with van der Waals surface area (Å²) in [6.07, 6.45) is 2.81. The number of hydrogen-bond donors (Lipinski definition) is 3. The minimum Gasteiger partial charge on any atom is -0.319 e. The molecule has 3 N–H and O–H groups in total. The van der Waals surface area contributed by atoms with Crippen LogP contribution in [0.1, 0.15) is 29.5 Å². The molecule has 1 aromatic heterocycles. The van der Waals surface area contributed by atoms with E-state index in [9.17, 15) is 13.2 Å². The van der Waals surface area contributed by atoms with Gasteiger partial charge < -0.3 is 5.32 Å². The fourth-order valence-corrected chi connectivity index (χ4v) is 2.52. The van der Waals surface area contributed by atoms with Crippen molar-refractivity contribution in [1.29, 1.82) is 0 Å². The molecule has 0 aliphatic heterocycles. The van der Waals surface area contributed by atoms with Gasteiger partial charge >= 0.3 is 0 Å². The van der Waals surface area contributed by atoms with Crippen molar-refractivity contribution in [1.82, 2.24) is 10.2 Å². The first-order valence-electron chi connectivity index (χ1n) is 6.81. The molecule has 0 fully saturated rings. The third-order valence-corrected chi connectivity index (χ3v) is 3.44. The van der Waals surface area contributed by atoms with Gasteiger partial charge in [0, 0.05) is 5.69 Å².